The summed E-state index contributed by atoms with van der Waals surface area (Å²) >= 11 is 5.72. The third kappa shape index (κ3) is 4.54. The maximum Gasteiger partial charge on any atom is 0.347 e. The van der Waals surface area contributed by atoms with E-state index in [1.54, 1.807) is 0 Å². The van der Waals surface area contributed by atoms with E-state index in [9.17, 15) is 24.3 Å². The van der Waals surface area contributed by atoms with Crippen LogP contribution in [0.3, 0.4) is 0 Å². The molecule has 0 saturated heterocycles. The smallest absolute Gasteiger partial charge is 0.347 e. The van der Waals surface area contributed by atoms with E-state index in [2.05, 4.69) is 4.74 Å². The molecule has 0 saturated carbocycles. The first-order chi connectivity index (χ1) is 10.2. The minimum absolute atomic E-state index is 0.0133. The zero-order chi connectivity index (χ0) is 16.9. The second kappa shape index (κ2) is 7.01. The highest BCUT2D eigenvalue weighted by atomic mass is 35.5. The molecule has 0 aliphatic rings. The number of esters is 2. The van der Waals surface area contributed by atoms with Gasteiger partial charge < -0.3 is 20.1 Å². The topological polar surface area (TPSA) is 138 Å². The van der Waals surface area contributed by atoms with Crippen LogP contribution in [0.15, 0.2) is 24.3 Å². The third-order valence-electron chi connectivity index (χ3n) is 2.58. The average Bonchev–Trinajstić information content (AvgIpc) is 2.37. The molecular weight excluding hydrogens is 320 g/mol. The van der Waals surface area contributed by atoms with Crippen molar-refractivity contribution < 1.29 is 39.2 Å². The molecule has 0 bridgehead atoms. The average molecular weight is 331 g/mol. The largest absolute Gasteiger partial charge is 0.481 e. The molecule has 0 radical (unpaired) electrons. The summed E-state index contributed by atoms with van der Waals surface area (Å²) in [6.07, 6.45) is -2.43. The van der Waals surface area contributed by atoms with Crippen LogP contribution in [0.2, 0.25) is 5.02 Å². The molecule has 3 N–H and O–H groups in total. The molecule has 0 fully saturated rings. The van der Waals surface area contributed by atoms with Gasteiger partial charge in [0, 0.05) is 0 Å². The lowest BCUT2D eigenvalue weighted by Crippen LogP contribution is -2.43. The molecule has 0 spiro atoms. The molecule has 22 heavy (non-hydrogen) atoms. The molecule has 0 aliphatic heterocycles. The summed E-state index contributed by atoms with van der Waals surface area (Å²) in [4.78, 5) is 44.6. The van der Waals surface area contributed by atoms with Crippen LogP contribution in [0.25, 0.3) is 0 Å². The van der Waals surface area contributed by atoms with Crippen molar-refractivity contribution in [2.45, 2.75) is 18.4 Å². The zero-order valence-electron chi connectivity index (χ0n) is 11.0. The first-order valence-corrected chi connectivity index (χ1v) is 6.20. The fourth-order valence-electron chi connectivity index (χ4n) is 1.52. The number of hydrogen-bond donors (Lipinski definition) is 3. The standard InChI is InChI=1S/C13H11ClO8/c14-8-4-2-1-3-7(8)11(18)22-10(17)6-13(21,12(19)20)5-9(15)16/h1-4,21H,5-6H2,(H,15,16)(H,19,20). The lowest BCUT2D eigenvalue weighted by atomic mass is 9.96. The SMILES string of the molecule is O=C(O)CC(O)(CC(=O)OC(=O)c1ccccc1Cl)C(=O)O. The second-order valence-corrected chi connectivity index (χ2v) is 4.73. The van der Waals surface area contributed by atoms with Gasteiger partial charge in [0.15, 0.2) is 5.60 Å². The number of benzene rings is 1. The normalized spacial score (nSPS) is 13.0. The molecule has 0 aromatic heterocycles. The fourth-order valence-corrected chi connectivity index (χ4v) is 1.74. The minimum Gasteiger partial charge on any atom is -0.481 e. The first kappa shape index (κ1) is 17.6. The molecule has 9 heteroatoms. The third-order valence-corrected chi connectivity index (χ3v) is 2.91. The van der Waals surface area contributed by atoms with Gasteiger partial charge in [-0.3, -0.25) is 9.59 Å². The van der Waals surface area contributed by atoms with Gasteiger partial charge in [-0.2, -0.15) is 0 Å². The molecule has 1 atom stereocenters. The zero-order valence-corrected chi connectivity index (χ0v) is 11.7. The van der Waals surface area contributed by atoms with Crippen molar-refractivity contribution in [3.8, 4) is 0 Å². The van der Waals surface area contributed by atoms with E-state index in [-0.39, 0.29) is 10.6 Å². The van der Waals surface area contributed by atoms with Crippen molar-refractivity contribution in [2.24, 2.45) is 0 Å². The lowest BCUT2D eigenvalue weighted by molar-refractivity contribution is -0.170. The van der Waals surface area contributed by atoms with Crippen molar-refractivity contribution in [3.05, 3.63) is 34.9 Å². The van der Waals surface area contributed by atoms with Crippen LogP contribution in [-0.2, 0) is 19.1 Å². The van der Waals surface area contributed by atoms with E-state index >= 15 is 0 Å². The Morgan fingerprint density at radius 3 is 2.18 bits per heavy atom. The molecular formula is C13H11ClO8. The molecule has 0 heterocycles. The Labute approximate surface area is 128 Å². The van der Waals surface area contributed by atoms with Gasteiger partial charge in [0.25, 0.3) is 0 Å². The van der Waals surface area contributed by atoms with Crippen LogP contribution in [0.1, 0.15) is 23.2 Å². The number of carbonyl (C=O) groups is 4. The van der Waals surface area contributed by atoms with E-state index < -0.39 is 42.3 Å². The Morgan fingerprint density at radius 1 is 1.09 bits per heavy atom. The summed E-state index contributed by atoms with van der Waals surface area (Å²) in [5.74, 6) is -6.08. The molecule has 1 unspecified atom stereocenters. The number of aliphatic carboxylic acids is 2. The summed E-state index contributed by atoms with van der Waals surface area (Å²) in [7, 11) is 0. The Balaban J connectivity index is 2.80. The predicted molar refractivity (Wildman–Crippen MR) is 71.3 cm³/mol. The van der Waals surface area contributed by atoms with Gasteiger partial charge in [-0.15, -0.1) is 0 Å². The van der Waals surface area contributed by atoms with Crippen molar-refractivity contribution in [1.29, 1.82) is 0 Å². The van der Waals surface area contributed by atoms with Gasteiger partial charge in [-0.25, -0.2) is 9.59 Å². The van der Waals surface area contributed by atoms with E-state index in [4.69, 9.17) is 21.8 Å². The van der Waals surface area contributed by atoms with E-state index in [1.165, 1.54) is 24.3 Å². The lowest BCUT2D eigenvalue weighted by Gasteiger charge is -2.19. The summed E-state index contributed by atoms with van der Waals surface area (Å²) in [6, 6.07) is 5.65. The molecule has 1 aromatic carbocycles. The molecule has 1 rings (SSSR count). The predicted octanol–water partition coefficient (Wildman–Crippen LogP) is 0.704. The maximum absolute atomic E-state index is 11.7. The number of hydrogen-bond acceptors (Lipinski definition) is 6. The van der Waals surface area contributed by atoms with Crippen LogP contribution in [0.5, 0.6) is 0 Å². The summed E-state index contributed by atoms with van der Waals surface area (Å²) in [5, 5.41) is 27.0. The monoisotopic (exact) mass is 330 g/mol. The molecule has 0 aliphatic carbocycles. The molecule has 1 aromatic rings. The van der Waals surface area contributed by atoms with Crippen LogP contribution in [0, 0.1) is 0 Å². The van der Waals surface area contributed by atoms with Gasteiger partial charge in [0.2, 0.25) is 0 Å². The summed E-state index contributed by atoms with van der Waals surface area (Å²) in [6.45, 7) is 0. The van der Waals surface area contributed by atoms with Crippen molar-refractivity contribution in [3.63, 3.8) is 0 Å². The number of carboxylic acids is 2. The number of carboxylic acid groups (broad SMARTS) is 2. The number of aliphatic hydroxyl groups is 1. The van der Waals surface area contributed by atoms with Crippen LogP contribution < -0.4 is 0 Å². The van der Waals surface area contributed by atoms with Gasteiger partial charge in [0.05, 0.1) is 23.4 Å². The minimum atomic E-state index is -2.87. The Bertz CT molecular complexity index is 626. The van der Waals surface area contributed by atoms with Crippen LogP contribution in [-0.4, -0.2) is 44.8 Å². The quantitative estimate of drug-likeness (QED) is 0.512. The fraction of sp³-hybridized carbons (Fsp3) is 0.231. The highest BCUT2D eigenvalue weighted by molar-refractivity contribution is 6.33. The number of halogens is 1. The number of carbonyl (C=O) groups excluding carboxylic acids is 2. The van der Waals surface area contributed by atoms with E-state index in [0.29, 0.717) is 0 Å². The van der Waals surface area contributed by atoms with Gasteiger partial charge >= 0.3 is 23.9 Å². The van der Waals surface area contributed by atoms with Crippen LogP contribution in [0.4, 0.5) is 0 Å². The Morgan fingerprint density at radius 2 is 1.68 bits per heavy atom. The van der Waals surface area contributed by atoms with Crippen molar-refractivity contribution >= 4 is 35.5 Å². The molecule has 118 valence electrons. The highest BCUT2D eigenvalue weighted by Crippen LogP contribution is 2.19. The molecule has 0 amide bonds. The second-order valence-electron chi connectivity index (χ2n) is 4.33. The Kier molecular flexibility index (Phi) is 5.61. The summed E-state index contributed by atoms with van der Waals surface area (Å²) < 4.78 is 4.37. The summed E-state index contributed by atoms with van der Waals surface area (Å²) in [5.41, 5.74) is -3.00. The Hall–Kier alpha value is -2.45. The first-order valence-electron chi connectivity index (χ1n) is 5.83. The van der Waals surface area contributed by atoms with E-state index in [1.807, 2.05) is 0 Å². The highest BCUT2D eigenvalue weighted by Gasteiger charge is 2.42. The van der Waals surface area contributed by atoms with Crippen LogP contribution >= 0.6 is 11.6 Å². The molecule has 8 nitrogen and oxygen atoms in total. The van der Waals surface area contributed by atoms with Crippen molar-refractivity contribution in [1.82, 2.24) is 0 Å². The van der Waals surface area contributed by atoms with E-state index in [0.717, 1.165) is 0 Å². The van der Waals surface area contributed by atoms with Gasteiger partial charge in [-0.1, -0.05) is 23.7 Å². The number of ether oxygens (including phenoxy) is 1. The number of rotatable bonds is 6. The van der Waals surface area contributed by atoms with Crippen molar-refractivity contribution in [2.75, 3.05) is 0 Å². The van der Waals surface area contributed by atoms with Gasteiger partial charge in [-0.05, 0) is 12.1 Å². The maximum atomic E-state index is 11.7. The van der Waals surface area contributed by atoms with Gasteiger partial charge in [0.1, 0.15) is 0 Å².